The van der Waals surface area contributed by atoms with Gasteiger partial charge >= 0.3 is 0 Å². The van der Waals surface area contributed by atoms with Gasteiger partial charge in [-0.15, -0.1) is 0 Å². The Morgan fingerprint density at radius 2 is 1.83 bits per heavy atom. The van der Waals surface area contributed by atoms with E-state index in [-0.39, 0.29) is 11.9 Å². The molecule has 2 aromatic carbocycles. The summed E-state index contributed by atoms with van der Waals surface area (Å²) in [7, 11) is 4.17. The molecule has 30 heavy (non-hydrogen) atoms. The summed E-state index contributed by atoms with van der Waals surface area (Å²) in [5.41, 5.74) is 10.6. The lowest BCUT2D eigenvalue weighted by Crippen LogP contribution is -2.43. The highest BCUT2D eigenvalue weighted by Gasteiger charge is 2.20. The van der Waals surface area contributed by atoms with Crippen molar-refractivity contribution in [2.24, 2.45) is 5.73 Å². The summed E-state index contributed by atoms with van der Waals surface area (Å²) in [6.07, 6.45) is 2.47. The first-order valence-electron chi connectivity index (χ1n) is 10.3. The highest BCUT2D eigenvalue weighted by atomic mass is 16.3. The van der Waals surface area contributed by atoms with Gasteiger partial charge in [-0.3, -0.25) is 9.69 Å². The zero-order valence-corrected chi connectivity index (χ0v) is 18.0. The summed E-state index contributed by atoms with van der Waals surface area (Å²) < 4.78 is 5.47. The first-order valence-corrected chi connectivity index (χ1v) is 10.3. The average Bonchev–Trinajstić information content (AvgIpc) is 3.24. The number of rotatable bonds is 10. The molecule has 0 bridgehead atoms. The third-order valence-corrected chi connectivity index (χ3v) is 5.33. The van der Waals surface area contributed by atoms with E-state index in [0.29, 0.717) is 13.1 Å². The normalized spacial score (nSPS) is 12.4. The molecule has 0 radical (unpaired) electrons. The highest BCUT2D eigenvalue weighted by molar-refractivity contribution is 5.79. The van der Waals surface area contributed by atoms with E-state index < -0.39 is 0 Å². The Kier molecular flexibility index (Phi) is 7.44. The number of nitrogens with two attached hydrogens (primary N) is 1. The zero-order chi connectivity index (χ0) is 21.5. The van der Waals surface area contributed by atoms with Crippen LogP contribution in [-0.4, -0.2) is 42.4 Å². The number of carbonyl (C=O) groups is 1. The Bertz CT molecular complexity index is 951. The van der Waals surface area contributed by atoms with Crippen molar-refractivity contribution in [3.05, 3.63) is 83.8 Å². The molecule has 0 spiro atoms. The Morgan fingerprint density at radius 3 is 2.53 bits per heavy atom. The van der Waals surface area contributed by atoms with Crippen molar-refractivity contribution in [1.82, 2.24) is 9.80 Å². The molecule has 5 heteroatoms. The second-order valence-corrected chi connectivity index (χ2v) is 7.97. The van der Waals surface area contributed by atoms with Gasteiger partial charge in [-0.1, -0.05) is 48.5 Å². The minimum absolute atomic E-state index is 0.326. The molecule has 5 nitrogen and oxygen atoms in total. The predicted octanol–water partition coefficient (Wildman–Crippen LogP) is 3.93. The van der Waals surface area contributed by atoms with Crippen molar-refractivity contribution < 1.29 is 9.21 Å². The predicted molar refractivity (Wildman–Crippen MR) is 121 cm³/mol. The van der Waals surface area contributed by atoms with Gasteiger partial charge in [0, 0.05) is 13.1 Å². The lowest BCUT2D eigenvalue weighted by molar-refractivity contribution is -0.122. The molecule has 3 rings (SSSR count). The average molecular weight is 406 g/mol. The van der Waals surface area contributed by atoms with Crippen LogP contribution in [0.2, 0.25) is 0 Å². The maximum atomic E-state index is 11.8. The topological polar surface area (TPSA) is 62.7 Å². The summed E-state index contributed by atoms with van der Waals surface area (Å²) in [5, 5.41) is 0. The molecule has 0 aliphatic heterocycles. The summed E-state index contributed by atoms with van der Waals surface area (Å²) in [6, 6.07) is 20.6. The second-order valence-electron chi connectivity index (χ2n) is 7.97. The Morgan fingerprint density at radius 1 is 1.03 bits per heavy atom. The maximum absolute atomic E-state index is 11.8. The summed E-state index contributed by atoms with van der Waals surface area (Å²) >= 11 is 0. The van der Waals surface area contributed by atoms with Gasteiger partial charge < -0.3 is 15.1 Å². The van der Waals surface area contributed by atoms with Gasteiger partial charge in [0.2, 0.25) is 5.91 Å². The molecule has 0 saturated carbocycles. The van der Waals surface area contributed by atoms with Crippen LogP contribution in [-0.2, 0) is 24.3 Å². The Balaban J connectivity index is 1.76. The molecule has 1 aromatic heterocycles. The minimum Gasteiger partial charge on any atom is -0.468 e. The number of carbonyl (C=O) groups excluding carboxylic acids is 1. The van der Waals surface area contributed by atoms with Gasteiger partial charge in [0.25, 0.3) is 0 Å². The van der Waals surface area contributed by atoms with Crippen LogP contribution in [0.5, 0.6) is 0 Å². The standard InChI is InChI=1S/C25H31N3O2/c1-19(25(26)29)28(18-23-11-7-15-30-23)14-13-20-8-6-10-21(16-20)24-12-5-4-9-22(24)17-27(2)3/h4-12,15-16,19H,13-14,17-18H2,1-3H3,(H2,26,29). The number of hydrogen-bond acceptors (Lipinski definition) is 4. The van der Waals surface area contributed by atoms with Crippen molar-refractivity contribution in [3.8, 4) is 11.1 Å². The second kappa shape index (κ2) is 10.2. The fraction of sp³-hybridized carbons (Fsp3) is 0.320. The minimum atomic E-state index is -0.362. The molecular formula is C25H31N3O2. The van der Waals surface area contributed by atoms with Crippen LogP contribution in [0.4, 0.5) is 0 Å². The third kappa shape index (κ3) is 5.81. The molecule has 1 heterocycles. The molecule has 0 aliphatic carbocycles. The van der Waals surface area contributed by atoms with Gasteiger partial charge in [0.15, 0.2) is 0 Å². The molecule has 2 N–H and O–H groups in total. The smallest absolute Gasteiger partial charge is 0.234 e. The van der Waals surface area contributed by atoms with Crippen LogP contribution < -0.4 is 5.73 Å². The van der Waals surface area contributed by atoms with Gasteiger partial charge in [-0.05, 0) is 61.8 Å². The van der Waals surface area contributed by atoms with E-state index in [2.05, 4.69) is 72.4 Å². The molecule has 0 aliphatic rings. The van der Waals surface area contributed by atoms with Crippen LogP contribution in [0.1, 0.15) is 23.8 Å². The van der Waals surface area contributed by atoms with Gasteiger partial charge in [-0.2, -0.15) is 0 Å². The van der Waals surface area contributed by atoms with Gasteiger partial charge in [-0.25, -0.2) is 0 Å². The maximum Gasteiger partial charge on any atom is 0.234 e. The number of hydrogen-bond donors (Lipinski definition) is 1. The van der Waals surface area contributed by atoms with Crippen molar-refractivity contribution in [1.29, 1.82) is 0 Å². The molecule has 3 aromatic rings. The van der Waals surface area contributed by atoms with E-state index in [4.69, 9.17) is 10.2 Å². The third-order valence-electron chi connectivity index (χ3n) is 5.33. The van der Waals surface area contributed by atoms with E-state index in [1.807, 2.05) is 19.1 Å². The summed E-state index contributed by atoms with van der Waals surface area (Å²) in [5.74, 6) is 0.502. The van der Waals surface area contributed by atoms with Crippen molar-refractivity contribution in [2.45, 2.75) is 32.5 Å². The van der Waals surface area contributed by atoms with Gasteiger partial charge in [0.05, 0.1) is 18.8 Å². The first kappa shape index (κ1) is 21.8. The van der Waals surface area contributed by atoms with Crippen LogP contribution in [0.3, 0.4) is 0 Å². The highest BCUT2D eigenvalue weighted by Crippen LogP contribution is 2.25. The fourth-order valence-corrected chi connectivity index (χ4v) is 3.64. The molecule has 0 saturated heterocycles. The van der Waals surface area contributed by atoms with Crippen LogP contribution in [0, 0.1) is 0 Å². The Hall–Kier alpha value is -2.89. The van der Waals surface area contributed by atoms with Crippen molar-refractivity contribution in [2.75, 3.05) is 20.6 Å². The van der Waals surface area contributed by atoms with Crippen LogP contribution >= 0.6 is 0 Å². The van der Waals surface area contributed by atoms with E-state index in [9.17, 15) is 4.79 Å². The molecule has 0 fully saturated rings. The SMILES string of the molecule is CC(C(N)=O)N(CCc1cccc(-c2ccccc2CN(C)C)c1)Cc1ccco1. The quantitative estimate of drug-likeness (QED) is 0.555. The number of primary amides is 1. The first-order chi connectivity index (χ1) is 14.4. The fourth-order valence-electron chi connectivity index (χ4n) is 3.64. The van der Waals surface area contributed by atoms with Crippen LogP contribution in [0.15, 0.2) is 71.3 Å². The van der Waals surface area contributed by atoms with Crippen LogP contribution in [0.25, 0.3) is 11.1 Å². The van der Waals surface area contributed by atoms with E-state index in [0.717, 1.165) is 18.7 Å². The lowest BCUT2D eigenvalue weighted by atomic mass is 9.97. The van der Waals surface area contributed by atoms with E-state index in [1.54, 1.807) is 6.26 Å². The molecule has 1 atom stereocenters. The number of benzene rings is 2. The Labute approximate surface area is 179 Å². The largest absolute Gasteiger partial charge is 0.468 e. The number of amides is 1. The summed E-state index contributed by atoms with van der Waals surface area (Å²) in [6.45, 7) is 4.02. The zero-order valence-electron chi connectivity index (χ0n) is 18.0. The number of nitrogens with zero attached hydrogens (tertiary/aromatic N) is 2. The lowest BCUT2D eigenvalue weighted by Gasteiger charge is -2.26. The molecular weight excluding hydrogens is 374 g/mol. The summed E-state index contributed by atoms with van der Waals surface area (Å²) in [4.78, 5) is 16.0. The van der Waals surface area contributed by atoms with E-state index >= 15 is 0 Å². The molecule has 158 valence electrons. The number of furan rings is 1. The van der Waals surface area contributed by atoms with Crippen molar-refractivity contribution >= 4 is 5.91 Å². The van der Waals surface area contributed by atoms with E-state index in [1.165, 1.54) is 22.3 Å². The molecule has 1 unspecified atom stereocenters. The molecule has 1 amide bonds. The van der Waals surface area contributed by atoms with Crippen molar-refractivity contribution in [3.63, 3.8) is 0 Å². The monoisotopic (exact) mass is 405 g/mol. The van der Waals surface area contributed by atoms with Gasteiger partial charge in [0.1, 0.15) is 5.76 Å².